The maximum absolute atomic E-state index is 13.2. The van der Waals surface area contributed by atoms with Gasteiger partial charge in [-0.05, 0) is 43.9 Å². The SMILES string of the molecule is C[C@@]1(Cc2ccccc2)CCCN1S(=O)(=O)c1cccnc1C#N. The van der Waals surface area contributed by atoms with Crippen molar-refractivity contribution in [3.63, 3.8) is 0 Å². The lowest BCUT2D eigenvalue weighted by molar-refractivity contribution is 0.263. The van der Waals surface area contributed by atoms with E-state index in [9.17, 15) is 13.7 Å². The van der Waals surface area contributed by atoms with E-state index in [0.29, 0.717) is 13.0 Å². The number of hydrogen-bond donors (Lipinski definition) is 0. The molecule has 0 saturated carbocycles. The molecule has 1 aliphatic heterocycles. The van der Waals surface area contributed by atoms with Crippen molar-refractivity contribution < 1.29 is 8.42 Å². The topological polar surface area (TPSA) is 74.1 Å². The van der Waals surface area contributed by atoms with Gasteiger partial charge in [0.15, 0.2) is 5.69 Å². The zero-order valence-corrected chi connectivity index (χ0v) is 14.3. The van der Waals surface area contributed by atoms with Gasteiger partial charge in [0.2, 0.25) is 10.0 Å². The molecule has 0 spiro atoms. The monoisotopic (exact) mass is 341 g/mol. The summed E-state index contributed by atoms with van der Waals surface area (Å²) in [6.07, 6.45) is 3.69. The first-order valence-corrected chi connectivity index (χ1v) is 9.33. The van der Waals surface area contributed by atoms with Crippen LogP contribution in [0.5, 0.6) is 0 Å². The van der Waals surface area contributed by atoms with Gasteiger partial charge in [0.05, 0.1) is 0 Å². The van der Waals surface area contributed by atoms with Gasteiger partial charge < -0.3 is 0 Å². The highest BCUT2D eigenvalue weighted by molar-refractivity contribution is 7.89. The zero-order valence-electron chi connectivity index (χ0n) is 13.5. The van der Waals surface area contributed by atoms with Crippen molar-refractivity contribution in [2.24, 2.45) is 0 Å². The number of hydrogen-bond acceptors (Lipinski definition) is 4. The molecule has 1 saturated heterocycles. The molecule has 3 rings (SSSR count). The van der Waals surface area contributed by atoms with Crippen LogP contribution in [0, 0.1) is 11.3 Å². The van der Waals surface area contributed by atoms with Crippen LogP contribution in [0.1, 0.15) is 31.0 Å². The molecule has 1 fully saturated rings. The van der Waals surface area contributed by atoms with E-state index in [2.05, 4.69) is 4.98 Å². The Morgan fingerprint density at radius 3 is 2.71 bits per heavy atom. The lowest BCUT2D eigenvalue weighted by atomic mass is 9.91. The van der Waals surface area contributed by atoms with Crippen molar-refractivity contribution in [2.75, 3.05) is 6.54 Å². The molecule has 1 aliphatic rings. The molecule has 2 aromatic rings. The highest BCUT2D eigenvalue weighted by Gasteiger charge is 2.45. The molecule has 0 amide bonds. The summed E-state index contributed by atoms with van der Waals surface area (Å²) in [5.41, 5.74) is 0.559. The third kappa shape index (κ3) is 2.93. The first-order chi connectivity index (χ1) is 11.5. The fourth-order valence-corrected chi connectivity index (χ4v) is 5.36. The van der Waals surface area contributed by atoms with Gasteiger partial charge in [-0.1, -0.05) is 30.3 Å². The van der Waals surface area contributed by atoms with Crippen LogP contribution in [-0.4, -0.2) is 29.8 Å². The fourth-order valence-electron chi connectivity index (χ4n) is 3.42. The average Bonchev–Trinajstić information content (AvgIpc) is 2.97. The number of nitrogens with zero attached hydrogens (tertiary/aromatic N) is 3. The standard InChI is InChI=1S/C18H19N3O2S/c1-18(13-15-7-3-2-4-8-15)10-6-12-21(18)24(22,23)17-9-5-11-20-16(17)14-19/h2-5,7-9,11H,6,10,12-13H2,1H3/t18-/m0/s1. The van der Waals surface area contributed by atoms with E-state index >= 15 is 0 Å². The minimum atomic E-state index is -3.76. The number of aromatic nitrogens is 1. The van der Waals surface area contributed by atoms with Crippen LogP contribution >= 0.6 is 0 Å². The molecule has 0 radical (unpaired) electrons. The van der Waals surface area contributed by atoms with Crippen molar-refractivity contribution >= 4 is 10.0 Å². The van der Waals surface area contributed by atoms with Crippen LogP contribution in [0.2, 0.25) is 0 Å². The van der Waals surface area contributed by atoms with E-state index in [1.54, 1.807) is 10.4 Å². The van der Waals surface area contributed by atoms with Crippen molar-refractivity contribution in [2.45, 2.75) is 36.6 Å². The fraction of sp³-hybridized carbons (Fsp3) is 0.333. The molecule has 6 heteroatoms. The van der Waals surface area contributed by atoms with Gasteiger partial charge in [-0.25, -0.2) is 13.4 Å². The molecule has 24 heavy (non-hydrogen) atoms. The molecule has 0 bridgehead atoms. The number of sulfonamides is 1. The number of benzene rings is 1. The van der Waals surface area contributed by atoms with E-state index in [1.807, 2.05) is 43.3 Å². The van der Waals surface area contributed by atoms with Crippen LogP contribution in [0.15, 0.2) is 53.6 Å². The third-order valence-corrected chi connectivity index (χ3v) is 6.64. The predicted molar refractivity (Wildman–Crippen MR) is 90.6 cm³/mol. The third-order valence-electron chi connectivity index (χ3n) is 4.55. The lowest BCUT2D eigenvalue weighted by Crippen LogP contribution is -2.46. The second kappa shape index (κ2) is 6.34. The zero-order chi connectivity index (χ0) is 17.2. The summed E-state index contributed by atoms with van der Waals surface area (Å²) in [6, 6.07) is 14.8. The van der Waals surface area contributed by atoms with Crippen LogP contribution in [-0.2, 0) is 16.4 Å². The summed E-state index contributed by atoms with van der Waals surface area (Å²) in [7, 11) is -3.76. The Bertz CT molecular complexity index is 875. The largest absolute Gasteiger partial charge is 0.246 e. The highest BCUT2D eigenvalue weighted by Crippen LogP contribution is 2.37. The van der Waals surface area contributed by atoms with E-state index in [4.69, 9.17) is 0 Å². The summed E-state index contributed by atoms with van der Waals surface area (Å²) in [4.78, 5) is 3.89. The minimum Gasteiger partial charge on any atom is -0.244 e. The summed E-state index contributed by atoms with van der Waals surface area (Å²) < 4.78 is 27.9. The summed E-state index contributed by atoms with van der Waals surface area (Å²) >= 11 is 0. The highest BCUT2D eigenvalue weighted by atomic mass is 32.2. The molecule has 1 aromatic heterocycles. The summed E-state index contributed by atoms with van der Waals surface area (Å²) in [6.45, 7) is 2.44. The van der Waals surface area contributed by atoms with Gasteiger partial charge in [-0.15, -0.1) is 0 Å². The van der Waals surface area contributed by atoms with Crippen LogP contribution in [0.3, 0.4) is 0 Å². The molecule has 0 N–H and O–H groups in total. The molecule has 1 aromatic carbocycles. The van der Waals surface area contributed by atoms with Gasteiger partial charge in [0.1, 0.15) is 11.0 Å². The summed E-state index contributed by atoms with van der Waals surface area (Å²) in [5.74, 6) is 0. The van der Waals surface area contributed by atoms with Gasteiger partial charge >= 0.3 is 0 Å². The second-order valence-electron chi connectivity index (χ2n) is 6.30. The molecule has 124 valence electrons. The van der Waals surface area contributed by atoms with Crippen LogP contribution in [0.25, 0.3) is 0 Å². The normalized spacial score (nSPS) is 21.5. The van der Waals surface area contributed by atoms with Crippen molar-refractivity contribution in [3.05, 3.63) is 59.9 Å². The van der Waals surface area contributed by atoms with Gasteiger partial charge in [0.25, 0.3) is 0 Å². The minimum absolute atomic E-state index is 0.00585. The smallest absolute Gasteiger partial charge is 0.244 e. The Labute approximate surface area is 142 Å². The van der Waals surface area contributed by atoms with Gasteiger partial charge in [0, 0.05) is 18.3 Å². The first kappa shape index (κ1) is 16.6. The van der Waals surface area contributed by atoms with E-state index in [1.165, 1.54) is 12.3 Å². The molecular weight excluding hydrogens is 322 g/mol. The lowest BCUT2D eigenvalue weighted by Gasteiger charge is -2.34. The molecule has 5 nitrogen and oxygen atoms in total. The second-order valence-corrected chi connectivity index (χ2v) is 8.13. The van der Waals surface area contributed by atoms with E-state index in [0.717, 1.165) is 18.4 Å². The van der Waals surface area contributed by atoms with Crippen LogP contribution in [0.4, 0.5) is 0 Å². The Hall–Kier alpha value is -2.23. The Kier molecular flexibility index (Phi) is 4.39. The quantitative estimate of drug-likeness (QED) is 0.857. The molecule has 0 aliphatic carbocycles. The first-order valence-electron chi connectivity index (χ1n) is 7.89. The maximum atomic E-state index is 13.2. The number of pyridine rings is 1. The van der Waals surface area contributed by atoms with Gasteiger partial charge in [-0.3, -0.25) is 0 Å². The van der Waals surface area contributed by atoms with Crippen molar-refractivity contribution in [3.8, 4) is 6.07 Å². The molecule has 1 atom stereocenters. The van der Waals surface area contributed by atoms with E-state index in [-0.39, 0.29) is 10.6 Å². The Balaban J connectivity index is 1.99. The average molecular weight is 341 g/mol. The number of rotatable bonds is 4. The number of nitriles is 1. The Morgan fingerprint density at radius 1 is 1.25 bits per heavy atom. The van der Waals surface area contributed by atoms with E-state index < -0.39 is 15.6 Å². The van der Waals surface area contributed by atoms with Crippen molar-refractivity contribution in [1.82, 2.24) is 9.29 Å². The molecule has 2 heterocycles. The van der Waals surface area contributed by atoms with Crippen LogP contribution < -0.4 is 0 Å². The Morgan fingerprint density at radius 2 is 2.00 bits per heavy atom. The predicted octanol–water partition coefficient (Wildman–Crippen LogP) is 2.74. The summed E-state index contributed by atoms with van der Waals surface area (Å²) in [5, 5.41) is 9.19. The molecule has 0 unspecified atom stereocenters. The molecular formula is C18H19N3O2S. The maximum Gasteiger partial charge on any atom is 0.246 e. The van der Waals surface area contributed by atoms with Gasteiger partial charge in [-0.2, -0.15) is 9.57 Å². The van der Waals surface area contributed by atoms with Crippen molar-refractivity contribution in [1.29, 1.82) is 5.26 Å².